The second kappa shape index (κ2) is 6.78. The van der Waals surface area contributed by atoms with E-state index >= 15 is 0 Å². The summed E-state index contributed by atoms with van der Waals surface area (Å²) in [6.45, 7) is 2.01. The number of benzene rings is 1. The van der Waals surface area contributed by atoms with Crippen LogP contribution >= 0.6 is 0 Å². The molecule has 0 unspecified atom stereocenters. The predicted molar refractivity (Wildman–Crippen MR) is 64.5 cm³/mol. The molecular weight excluding hydrogens is 220 g/mol. The van der Waals surface area contributed by atoms with Gasteiger partial charge in [0.15, 0.2) is 18.1 Å². The Bertz CT molecular complexity index is 374. The summed E-state index contributed by atoms with van der Waals surface area (Å²) in [5.41, 5.74) is 1.19. The van der Waals surface area contributed by atoms with E-state index in [0.717, 1.165) is 12.8 Å². The molecule has 4 heteroatoms. The minimum Gasteiger partial charge on any atom is -0.493 e. The van der Waals surface area contributed by atoms with Crippen molar-refractivity contribution in [1.29, 1.82) is 0 Å². The molecule has 0 aliphatic rings. The molecule has 0 aromatic heterocycles. The molecule has 0 bridgehead atoms. The zero-order valence-corrected chi connectivity index (χ0v) is 10.5. The quantitative estimate of drug-likeness (QED) is 0.713. The topological polar surface area (TPSA) is 44.8 Å². The second-order valence-electron chi connectivity index (χ2n) is 3.60. The first-order valence-corrected chi connectivity index (χ1v) is 5.57. The highest BCUT2D eigenvalue weighted by molar-refractivity contribution is 5.71. The first-order valence-electron chi connectivity index (χ1n) is 5.57. The molecule has 0 fully saturated rings. The van der Waals surface area contributed by atoms with Gasteiger partial charge >= 0.3 is 5.97 Å². The average Bonchev–Trinajstić information content (AvgIpc) is 2.36. The van der Waals surface area contributed by atoms with E-state index in [0.29, 0.717) is 11.5 Å². The van der Waals surface area contributed by atoms with E-state index in [4.69, 9.17) is 9.47 Å². The number of rotatable bonds is 6. The van der Waals surface area contributed by atoms with Gasteiger partial charge in [0.25, 0.3) is 0 Å². The van der Waals surface area contributed by atoms with Crippen LogP contribution in [0.2, 0.25) is 0 Å². The zero-order valence-electron chi connectivity index (χ0n) is 10.5. The van der Waals surface area contributed by atoms with Gasteiger partial charge in [0.1, 0.15) is 0 Å². The van der Waals surface area contributed by atoms with Crippen molar-refractivity contribution in [3.8, 4) is 11.5 Å². The Morgan fingerprint density at radius 1 is 1.24 bits per heavy atom. The van der Waals surface area contributed by atoms with Crippen LogP contribution in [-0.4, -0.2) is 26.8 Å². The van der Waals surface area contributed by atoms with Crippen LogP contribution in [0.1, 0.15) is 18.9 Å². The summed E-state index contributed by atoms with van der Waals surface area (Å²) in [7, 11) is 2.91. The fraction of sp³-hybridized carbons (Fsp3) is 0.462. The van der Waals surface area contributed by atoms with Crippen LogP contribution in [0, 0.1) is 0 Å². The van der Waals surface area contributed by atoms with E-state index in [1.165, 1.54) is 12.7 Å². The Hall–Kier alpha value is -1.71. The lowest BCUT2D eigenvalue weighted by atomic mass is 10.1. The minimum absolute atomic E-state index is 0.111. The molecule has 0 radical (unpaired) electrons. The summed E-state index contributed by atoms with van der Waals surface area (Å²) < 4.78 is 15.0. The smallest absolute Gasteiger partial charge is 0.343 e. The Balaban J connectivity index is 2.74. The van der Waals surface area contributed by atoms with Gasteiger partial charge in [0, 0.05) is 0 Å². The standard InChI is InChI=1S/C13H18O4/c1-4-5-10-6-7-11(12(8-10)15-2)17-9-13(14)16-3/h6-8H,4-5,9H2,1-3H3. The third-order valence-corrected chi connectivity index (χ3v) is 2.34. The lowest BCUT2D eigenvalue weighted by Crippen LogP contribution is -2.13. The van der Waals surface area contributed by atoms with Crippen molar-refractivity contribution in [3.05, 3.63) is 23.8 Å². The largest absolute Gasteiger partial charge is 0.493 e. The second-order valence-corrected chi connectivity index (χ2v) is 3.60. The van der Waals surface area contributed by atoms with Crippen molar-refractivity contribution >= 4 is 5.97 Å². The van der Waals surface area contributed by atoms with Crippen molar-refractivity contribution in [1.82, 2.24) is 0 Å². The molecule has 0 heterocycles. The molecule has 0 N–H and O–H groups in total. The molecule has 0 spiro atoms. The number of esters is 1. The Morgan fingerprint density at radius 2 is 2.00 bits per heavy atom. The molecule has 0 amide bonds. The van der Waals surface area contributed by atoms with Crippen molar-refractivity contribution in [2.45, 2.75) is 19.8 Å². The van der Waals surface area contributed by atoms with Crippen molar-refractivity contribution in [3.63, 3.8) is 0 Å². The highest BCUT2D eigenvalue weighted by atomic mass is 16.6. The van der Waals surface area contributed by atoms with Crippen LogP contribution in [0.5, 0.6) is 11.5 Å². The lowest BCUT2D eigenvalue weighted by Gasteiger charge is -2.11. The molecule has 0 saturated carbocycles. The van der Waals surface area contributed by atoms with Crippen LogP contribution < -0.4 is 9.47 Å². The highest BCUT2D eigenvalue weighted by Gasteiger charge is 2.08. The van der Waals surface area contributed by atoms with Crippen molar-refractivity contribution < 1.29 is 19.0 Å². The zero-order chi connectivity index (χ0) is 12.7. The SMILES string of the molecule is CCCc1ccc(OCC(=O)OC)c(OC)c1. The van der Waals surface area contributed by atoms with E-state index in [1.54, 1.807) is 7.11 Å². The maximum atomic E-state index is 11.0. The summed E-state index contributed by atoms with van der Waals surface area (Å²) in [5, 5.41) is 0. The highest BCUT2D eigenvalue weighted by Crippen LogP contribution is 2.28. The predicted octanol–water partition coefficient (Wildman–Crippen LogP) is 2.20. The molecular formula is C13H18O4. The molecule has 1 rings (SSSR count). The molecule has 17 heavy (non-hydrogen) atoms. The summed E-state index contributed by atoms with van der Waals surface area (Å²) in [5.74, 6) is 0.780. The first kappa shape index (κ1) is 13.4. The van der Waals surface area contributed by atoms with Crippen molar-refractivity contribution in [2.24, 2.45) is 0 Å². The van der Waals surface area contributed by atoms with E-state index < -0.39 is 5.97 Å². The number of aryl methyl sites for hydroxylation is 1. The van der Waals surface area contributed by atoms with E-state index in [9.17, 15) is 4.79 Å². The van der Waals surface area contributed by atoms with E-state index in [-0.39, 0.29) is 6.61 Å². The average molecular weight is 238 g/mol. The third-order valence-electron chi connectivity index (χ3n) is 2.34. The summed E-state index contributed by atoms with van der Waals surface area (Å²) in [6, 6.07) is 5.71. The van der Waals surface area contributed by atoms with Gasteiger partial charge in [-0.2, -0.15) is 0 Å². The summed E-state index contributed by atoms with van der Waals surface area (Å²) in [4.78, 5) is 11.0. The van der Waals surface area contributed by atoms with Crippen LogP contribution in [0.15, 0.2) is 18.2 Å². The maximum absolute atomic E-state index is 11.0. The first-order chi connectivity index (χ1) is 8.21. The fourth-order valence-corrected chi connectivity index (χ4v) is 1.47. The van der Waals surface area contributed by atoms with Crippen molar-refractivity contribution in [2.75, 3.05) is 20.8 Å². The van der Waals surface area contributed by atoms with Gasteiger partial charge in [-0.1, -0.05) is 19.4 Å². The van der Waals surface area contributed by atoms with Crippen LogP contribution in [-0.2, 0) is 16.0 Å². The number of hydrogen-bond acceptors (Lipinski definition) is 4. The molecule has 1 aromatic rings. The number of carbonyl (C=O) groups is 1. The number of carbonyl (C=O) groups excluding carboxylic acids is 1. The van der Waals surface area contributed by atoms with Crippen LogP contribution in [0.25, 0.3) is 0 Å². The van der Waals surface area contributed by atoms with Gasteiger partial charge in [-0.05, 0) is 24.1 Å². The monoisotopic (exact) mass is 238 g/mol. The fourth-order valence-electron chi connectivity index (χ4n) is 1.47. The Morgan fingerprint density at radius 3 is 2.59 bits per heavy atom. The molecule has 0 aliphatic heterocycles. The maximum Gasteiger partial charge on any atom is 0.343 e. The molecule has 0 aliphatic carbocycles. The van der Waals surface area contributed by atoms with Crippen LogP contribution in [0.4, 0.5) is 0 Å². The van der Waals surface area contributed by atoms with E-state index in [2.05, 4.69) is 11.7 Å². The molecule has 4 nitrogen and oxygen atoms in total. The van der Waals surface area contributed by atoms with Gasteiger partial charge < -0.3 is 14.2 Å². The summed E-state index contributed by atoms with van der Waals surface area (Å²) >= 11 is 0. The number of ether oxygens (including phenoxy) is 3. The normalized spacial score (nSPS) is 9.82. The van der Waals surface area contributed by atoms with Gasteiger partial charge in [-0.3, -0.25) is 0 Å². The Kier molecular flexibility index (Phi) is 5.33. The minimum atomic E-state index is -0.412. The lowest BCUT2D eigenvalue weighted by molar-refractivity contribution is -0.142. The summed E-state index contributed by atoms with van der Waals surface area (Å²) in [6.07, 6.45) is 2.07. The van der Waals surface area contributed by atoms with Gasteiger partial charge in [-0.15, -0.1) is 0 Å². The number of methoxy groups -OCH3 is 2. The third kappa shape index (κ3) is 3.98. The van der Waals surface area contributed by atoms with Gasteiger partial charge in [0.2, 0.25) is 0 Å². The molecule has 0 saturated heterocycles. The van der Waals surface area contributed by atoms with E-state index in [1.807, 2.05) is 18.2 Å². The Labute approximate surface area is 101 Å². The van der Waals surface area contributed by atoms with Gasteiger partial charge in [-0.25, -0.2) is 4.79 Å². The van der Waals surface area contributed by atoms with Crippen LogP contribution in [0.3, 0.4) is 0 Å². The molecule has 0 atom stereocenters. The molecule has 94 valence electrons. The van der Waals surface area contributed by atoms with Gasteiger partial charge in [0.05, 0.1) is 14.2 Å². The number of hydrogen-bond donors (Lipinski definition) is 0. The molecule has 1 aromatic carbocycles.